The number of methoxy groups -OCH3 is 1. The SMILES string of the molecule is COc1ccc(Br)cc1/C=C1\Oc2c3c(cc(C)c2C1=O)OCN(Cc1cccnc1)C3. The molecule has 7 heteroatoms. The van der Waals surface area contributed by atoms with Crippen molar-refractivity contribution >= 4 is 27.8 Å². The van der Waals surface area contributed by atoms with E-state index in [0.717, 1.165) is 32.5 Å². The van der Waals surface area contributed by atoms with Crippen LogP contribution in [-0.2, 0) is 13.1 Å². The molecule has 0 unspecified atom stereocenters. The number of hydrogen-bond acceptors (Lipinski definition) is 6. The number of pyridine rings is 1. The molecule has 0 fully saturated rings. The summed E-state index contributed by atoms with van der Waals surface area (Å²) in [7, 11) is 1.60. The van der Waals surface area contributed by atoms with Crippen LogP contribution in [0.2, 0.25) is 0 Å². The topological polar surface area (TPSA) is 60.9 Å². The van der Waals surface area contributed by atoms with Crippen molar-refractivity contribution in [2.75, 3.05) is 13.8 Å². The van der Waals surface area contributed by atoms with Gasteiger partial charge in [0.2, 0.25) is 5.78 Å². The lowest BCUT2D eigenvalue weighted by Gasteiger charge is -2.30. The molecule has 2 aliphatic heterocycles. The minimum Gasteiger partial charge on any atom is -0.496 e. The van der Waals surface area contributed by atoms with Crippen molar-refractivity contribution in [3.63, 3.8) is 0 Å². The monoisotopic (exact) mass is 492 g/mol. The molecule has 0 spiro atoms. The van der Waals surface area contributed by atoms with Gasteiger partial charge in [0.25, 0.3) is 0 Å². The number of hydrogen-bond donors (Lipinski definition) is 0. The molecule has 2 aromatic carbocycles. The summed E-state index contributed by atoms with van der Waals surface area (Å²) in [5, 5.41) is 0. The van der Waals surface area contributed by atoms with E-state index in [0.29, 0.717) is 36.9 Å². The first-order valence-corrected chi connectivity index (χ1v) is 11.0. The van der Waals surface area contributed by atoms with Crippen LogP contribution in [0.4, 0.5) is 0 Å². The van der Waals surface area contributed by atoms with Gasteiger partial charge in [0.05, 0.1) is 18.2 Å². The second-order valence-electron chi connectivity index (χ2n) is 7.82. The number of Topliss-reactive ketones (excluding diaryl/α,β-unsaturated/α-hetero) is 1. The first-order chi connectivity index (χ1) is 15.5. The number of aryl methyl sites for hydroxylation is 1. The fourth-order valence-corrected chi connectivity index (χ4v) is 4.47. The normalized spacial score (nSPS) is 16.3. The van der Waals surface area contributed by atoms with E-state index in [2.05, 4.69) is 25.8 Å². The van der Waals surface area contributed by atoms with Crippen LogP contribution in [-0.4, -0.2) is 29.5 Å². The van der Waals surface area contributed by atoms with Crippen LogP contribution < -0.4 is 14.2 Å². The fourth-order valence-electron chi connectivity index (χ4n) is 4.09. The minimum absolute atomic E-state index is 0.133. The van der Waals surface area contributed by atoms with Gasteiger partial charge in [0.15, 0.2) is 5.76 Å². The zero-order valence-corrected chi connectivity index (χ0v) is 19.3. The molecular formula is C25H21BrN2O4. The lowest BCUT2D eigenvalue weighted by molar-refractivity contribution is 0.0871. The molecule has 0 aliphatic carbocycles. The third kappa shape index (κ3) is 3.78. The number of halogens is 1. The number of allylic oxidation sites excluding steroid dienone is 1. The number of fused-ring (bicyclic) bond motifs is 3. The molecule has 6 nitrogen and oxygen atoms in total. The Labute approximate surface area is 194 Å². The zero-order valence-electron chi connectivity index (χ0n) is 17.7. The lowest BCUT2D eigenvalue weighted by atomic mass is 9.98. The summed E-state index contributed by atoms with van der Waals surface area (Å²) in [6.07, 6.45) is 5.34. The van der Waals surface area contributed by atoms with Crippen LogP contribution in [0.25, 0.3) is 6.08 Å². The summed E-state index contributed by atoms with van der Waals surface area (Å²) < 4.78 is 18.5. The number of ether oxygens (including phenoxy) is 3. The van der Waals surface area contributed by atoms with E-state index >= 15 is 0 Å². The number of carbonyl (C=O) groups excluding carboxylic acids is 1. The second-order valence-corrected chi connectivity index (χ2v) is 8.74. The number of ketones is 1. The molecule has 3 heterocycles. The smallest absolute Gasteiger partial charge is 0.232 e. The van der Waals surface area contributed by atoms with Crippen molar-refractivity contribution < 1.29 is 19.0 Å². The van der Waals surface area contributed by atoms with Gasteiger partial charge in [-0.05, 0) is 54.5 Å². The largest absolute Gasteiger partial charge is 0.496 e. The van der Waals surface area contributed by atoms with Crippen LogP contribution >= 0.6 is 15.9 Å². The molecule has 0 radical (unpaired) electrons. The van der Waals surface area contributed by atoms with E-state index in [1.807, 2.05) is 49.5 Å². The highest BCUT2D eigenvalue weighted by Crippen LogP contribution is 2.44. The first kappa shape index (κ1) is 20.7. The standard InChI is InChI=1S/C25H21BrN2O4/c1-15-8-21-19(13-28(14-31-21)12-16-4-3-7-27-11-16)25-23(15)24(29)22(32-25)10-17-9-18(26)5-6-20(17)30-2/h3-11H,12-14H2,1-2H3/b22-10-. The summed E-state index contributed by atoms with van der Waals surface area (Å²) in [6, 6.07) is 11.5. The third-order valence-electron chi connectivity index (χ3n) is 5.60. The predicted molar refractivity (Wildman–Crippen MR) is 124 cm³/mol. The molecule has 0 atom stereocenters. The maximum absolute atomic E-state index is 13.3. The van der Waals surface area contributed by atoms with Crippen LogP contribution in [0, 0.1) is 6.92 Å². The molecule has 2 aliphatic rings. The summed E-state index contributed by atoms with van der Waals surface area (Å²) in [5.41, 5.74) is 4.19. The lowest BCUT2D eigenvalue weighted by Crippen LogP contribution is -2.31. The first-order valence-electron chi connectivity index (χ1n) is 10.2. The summed E-state index contributed by atoms with van der Waals surface area (Å²) in [4.78, 5) is 19.6. The molecule has 0 saturated carbocycles. The molecule has 3 aromatic rings. The molecule has 0 bridgehead atoms. The van der Waals surface area contributed by atoms with Crippen LogP contribution in [0.3, 0.4) is 0 Å². The van der Waals surface area contributed by atoms with Crippen molar-refractivity contribution in [3.8, 4) is 17.2 Å². The Morgan fingerprint density at radius 1 is 1.28 bits per heavy atom. The van der Waals surface area contributed by atoms with Crippen molar-refractivity contribution in [1.29, 1.82) is 0 Å². The molecule has 1 aromatic heterocycles. The van der Waals surface area contributed by atoms with Gasteiger partial charge < -0.3 is 14.2 Å². The Hall–Kier alpha value is -3.16. The number of carbonyl (C=O) groups is 1. The average Bonchev–Trinajstić information content (AvgIpc) is 3.12. The van der Waals surface area contributed by atoms with Crippen LogP contribution in [0.5, 0.6) is 17.2 Å². The Balaban J connectivity index is 1.49. The minimum atomic E-state index is -0.133. The second kappa shape index (κ2) is 8.41. The van der Waals surface area contributed by atoms with Crippen LogP contribution in [0.15, 0.2) is 59.0 Å². The fraction of sp³-hybridized carbons (Fsp3) is 0.200. The highest BCUT2D eigenvalue weighted by Gasteiger charge is 2.35. The summed E-state index contributed by atoms with van der Waals surface area (Å²) in [6.45, 7) is 3.69. The highest BCUT2D eigenvalue weighted by atomic mass is 79.9. The Bertz CT molecular complexity index is 1240. The molecule has 5 rings (SSSR count). The van der Waals surface area contributed by atoms with Gasteiger partial charge in [-0.25, -0.2) is 0 Å². The molecule has 162 valence electrons. The van der Waals surface area contributed by atoms with E-state index in [9.17, 15) is 4.79 Å². The third-order valence-corrected chi connectivity index (χ3v) is 6.09. The summed E-state index contributed by atoms with van der Waals surface area (Å²) in [5.74, 6) is 2.15. The Morgan fingerprint density at radius 2 is 2.16 bits per heavy atom. The van der Waals surface area contributed by atoms with Gasteiger partial charge in [-0.3, -0.25) is 14.7 Å². The molecule has 0 N–H and O–H groups in total. The number of aromatic nitrogens is 1. The van der Waals surface area contributed by atoms with E-state index in [-0.39, 0.29) is 11.5 Å². The van der Waals surface area contributed by atoms with E-state index in [1.165, 1.54) is 0 Å². The zero-order chi connectivity index (χ0) is 22.2. The number of benzene rings is 2. The maximum atomic E-state index is 13.3. The van der Waals surface area contributed by atoms with Gasteiger partial charge in [-0.15, -0.1) is 0 Å². The summed E-state index contributed by atoms with van der Waals surface area (Å²) >= 11 is 3.48. The molecule has 0 saturated heterocycles. The van der Waals surface area contributed by atoms with Crippen molar-refractivity contribution in [3.05, 3.63) is 86.8 Å². The maximum Gasteiger partial charge on any atom is 0.232 e. The number of nitrogens with zero attached hydrogens (tertiary/aromatic N) is 2. The highest BCUT2D eigenvalue weighted by molar-refractivity contribution is 9.10. The van der Waals surface area contributed by atoms with Crippen molar-refractivity contribution in [1.82, 2.24) is 9.88 Å². The quantitative estimate of drug-likeness (QED) is 0.470. The average molecular weight is 493 g/mol. The van der Waals surface area contributed by atoms with Gasteiger partial charge in [-0.2, -0.15) is 0 Å². The molecular weight excluding hydrogens is 472 g/mol. The van der Waals surface area contributed by atoms with Gasteiger partial charge in [0.1, 0.15) is 24.0 Å². The molecule has 0 amide bonds. The van der Waals surface area contributed by atoms with Gasteiger partial charge >= 0.3 is 0 Å². The number of rotatable bonds is 4. The van der Waals surface area contributed by atoms with Gasteiger partial charge in [0, 0.05) is 35.5 Å². The Morgan fingerprint density at radius 3 is 2.94 bits per heavy atom. The van der Waals surface area contributed by atoms with Crippen LogP contribution in [0.1, 0.15) is 32.6 Å². The van der Waals surface area contributed by atoms with E-state index < -0.39 is 0 Å². The Kier molecular flexibility index (Phi) is 5.45. The molecule has 32 heavy (non-hydrogen) atoms. The van der Waals surface area contributed by atoms with E-state index in [4.69, 9.17) is 14.2 Å². The van der Waals surface area contributed by atoms with E-state index in [1.54, 1.807) is 19.4 Å². The van der Waals surface area contributed by atoms with Crippen molar-refractivity contribution in [2.45, 2.75) is 20.0 Å². The van der Waals surface area contributed by atoms with Crippen molar-refractivity contribution in [2.24, 2.45) is 0 Å². The van der Waals surface area contributed by atoms with Gasteiger partial charge in [-0.1, -0.05) is 22.0 Å². The predicted octanol–water partition coefficient (Wildman–Crippen LogP) is 5.13.